The van der Waals surface area contributed by atoms with Gasteiger partial charge in [0.25, 0.3) is 0 Å². The molecule has 0 aromatic heterocycles. The maximum absolute atomic E-state index is 12.3. The predicted octanol–water partition coefficient (Wildman–Crippen LogP) is 2.04. The number of benzene rings is 1. The van der Waals surface area contributed by atoms with E-state index in [2.05, 4.69) is 5.32 Å². The van der Waals surface area contributed by atoms with Gasteiger partial charge in [-0.3, -0.25) is 14.5 Å². The van der Waals surface area contributed by atoms with Gasteiger partial charge in [0.1, 0.15) is 0 Å². The topological polar surface area (TPSA) is 58.6 Å². The van der Waals surface area contributed by atoms with E-state index in [-0.39, 0.29) is 24.5 Å². The molecule has 0 radical (unpaired) electrons. The normalized spacial score (nSPS) is 15.6. The highest BCUT2D eigenvalue weighted by molar-refractivity contribution is 5.94. The first-order valence-corrected chi connectivity index (χ1v) is 7.39. The zero-order valence-corrected chi connectivity index (χ0v) is 12.5. The van der Waals surface area contributed by atoms with E-state index in [9.17, 15) is 9.59 Å². The van der Waals surface area contributed by atoms with Gasteiger partial charge in [-0.05, 0) is 38.8 Å². The Bertz CT molecular complexity index is 486. The third-order valence-corrected chi connectivity index (χ3v) is 3.55. The lowest BCUT2D eigenvalue weighted by molar-refractivity contribution is -0.145. The number of rotatable bonds is 7. The number of ether oxygens (including phenoxy) is 1. The second-order valence-corrected chi connectivity index (χ2v) is 5.24. The molecule has 1 aliphatic rings. The highest BCUT2D eigenvalue weighted by Gasteiger charge is 2.36. The quantitative estimate of drug-likeness (QED) is 0.781. The van der Waals surface area contributed by atoms with Crippen molar-refractivity contribution in [2.24, 2.45) is 0 Å². The van der Waals surface area contributed by atoms with Gasteiger partial charge in [-0.15, -0.1) is 0 Å². The Morgan fingerprint density at radius 3 is 2.57 bits per heavy atom. The molecule has 0 saturated heterocycles. The van der Waals surface area contributed by atoms with Crippen LogP contribution in [0.3, 0.4) is 0 Å². The summed E-state index contributed by atoms with van der Waals surface area (Å²) in [4.78, 5) is 25.9. The minimum atomic E-state index is -0.359. The van der Waals surface area contributed by atoms with E-state index in [0.717, 1.165) is 18.5 Å². The molecule has 1 amide bonds. The van der Waals surface area contributed by atoms with Crippen LogP contribution in [0.1, 0.15) is 26.7 Å². The zero-order chi connectivity index (χ0) is 15.2. The summed E-state index contributed by atoms with van der Waals surface area (Å²) in [5.74, 6) is -0.374. The zero-order valence-electron chi connectivity index (χ0n) is 12.5. The number of anilines is 1. The monoisotopic (exact) mass is 290 g/mol. The molecule has 1 aliphatic carbocycles. The highest BCUT2D eigenvalue weighted by atomic mass is 16.5. The molecular formula is C16H22N2O3. The Labute approximate surface area is 125 Å². The van der Waals surface area contributed by atoms with E-state index >= 15 is 0 Å². The minimum Gasteiger partial charge on any atom is -0.465 e. The molecule has 1 fully saturated rings. The molecular weight excluding hydrogens is 268 g/mol. The van der Waals surface area contributed by atoms with E-state index in [0.29, 0.717) is 12.6 Å². The first-order valence-electron chi connectivity index (χ1n) is 7.39. The van der Waals surface area contributed by atoms with Crippen LogP contribution in [-0.4, -0.2) is 42.0 Å². The van der Waals surface area contributed by atoms with Crippen LogP contribution >= 0.6 is 0 Å². The number of amides is 1. The van der Waals surface area contributed by atoms with Crippen LogP contribution < -0.4 is 5.32 Å². The van der Waals surface area contributed by atoms with Crippen LogP contribution in [-0.2, 0) is 14.3 Å². The third kappa shape index (κ3) is 4.56. The fourth-order valence-corrected chi connectivity index (χ4v) is 2.26. The van der Waals surface area contributed by atoms with Crippen molar-refractivity contribution in [1.82, 2.24) is 4.90 Å². The Morgan fingerprint density at radius 1 is 1.33 bits per heavy atom. The second kappa shape index (κ2) is 7.22. The summed E-state index contributed by atoms with van der Waals surface area (Å²) in [5.41, 5.74) is 0.765. The van der Waals surface area contributed by atoms with Crippen LogP contribution in [0.4, 0.5) is 5.69 Å². The van der Waals surface area contributed by atoms with Crippen molar-refractivity contribution in [3.63, 3.8) is 0 Å². The predicted molar refractivity (Wildman–Crippen MR) is 80.9 cm³/mol. The second-order valence-electron chi connectivity index (χ2n) is 5.24. The number of nitrogens with zero attached hydrogens (tertiary/aromatic N) is 1. The molecule has 21 heavy (non-hydrogen) atoms. The van der Waals surface area contributed by atoms with Gasteiger partial charge in [-0.1, -0.05) is 18.2 Å². The van der Waals surface area contributed by atoms with Crippen LogP contribution in [0.2, 0.25) is 0 Å². The van der Waals surface area contributed by atoms with Crippen molar-refractivity contribution < 1.29 is 14.3 Å². The van der Waals surface area contributed by atoms with Crippen molar-refractivity contribution >= 4 is 17.6 Å². The van der Waals surface area contributed by atoms with E-state index in [1.807, 2.05) is 42.2 Å². The van der Waals surface area contributed by atoms with Crippen molar-refractivity contribution in [2.75, 3.05) is 18.5 Å². The molecule has 0 heterocycles. The first kappa shape index (κ1) is 15.5. The molecule has 5 nitrogen and oxygen atoms in total. The number of carbonyl (C=O) groups excluding carboxylic acids is 2. The van der Waals surface area contributed by atoms with Gasteiger partial charge in [0.15, 0.2) is 0 Å². The third-order valence-electron chi connectivity index (χ3n) is 3.55. The Balaban J connectivity index is 1.95. The van der Waals surface area contributed by atoms with Crippen molar-refractivity contribution in [3.8, 4) is 0 Å². The fourth-order valence-electron chi connectivity index (χ4n) is 2.26. The summed E-state index contributed by atoms with van der Waals surface area (Å²) in [7, 11) is 0. The molecule has 0 spiro atoms. The lowest BCUT2D eigenvalue weighted by Gasteiger charge is -2.27. The van der Waals surface area contributed by atoms with Crippen LogP contribution in [0.25, 0.3) is 0 Å². The number of carbonyl (C=O) groups is 2. The van der Waals surface area contributed by atoms with Crippen LogP contribution in [0, 0.1) is 0 Å². The van der Waals surface area contributed by atoms with Gasteiger partial charge in [0.05, 0.1) is 19.2 Å². The summed E-state index contributed by atoms with van der Waals surface area (Å²) in [6.45, 7) is 4.14. The lowest BCUT2D eigenvalue weighted by atomic mass is 10.2. The Morgan fingerprint density at radius 2 is 2.00 bits per heavy atom. The van der Waals surface area contributed by atoms with Crippen molar-refractivity contribution in [1.29, 1.82) is 0 Å². The molecule has 1 unspecified atom stereocenters. The molecule has 1 aromatic carbocycles. The summed E-state index contributed by atoms with van der Waals surface area (Å²) < 4.78 is 4.99. The molecule has 2 rings (SSSR count). The van der Waals surface area contributed by atoms with E-state index < -0.39 is 0 Å². The molecule has 0 bridgehead atoms. The smallest absolute Gasteiger partial charge is 0.320 e. The molecule has 114 valence electrons. The van der Waals surface area contributed by atoms with E-state index in [4.69, 9.17) is 4.74 Å². The maximum Gasteiger partial charge on any atom is 0.320 e. The highest BCUT2D eigenvalue weighted by Crippen LogP contribution is 2.28. The first-order chi connectivity index (χ1) is 10.1. The molecule has 0 aliphatic heterocycles. The fraction of sp³-hybridized carbons (Fsp3) is 0.500. The van der Waals surface area contributed by atoms with Gasteiger partial charge < -0.3 is 10.1 Å². The van der Waals surface area contributed by atoms with Crippen molar-refractivity contribution in [3.05, 3.63) is 30.3 Å². The molecule has 5 heteroatoms. The SMILES string of the molecule is CCOC(=O)CN(C1CC1)C(C)C(=O)Nc1ccccc1. The maximum atomic E-state index is 12.3. The summed E-state index contributed by atoms with van der Waals surface area (Å²) in [6, 6.07) is 9.29. The average Bonchev–Trinajstić information content (AvgIpc) is 3.30. The number of hydrogen-bond donors (Lipinski definition) is 1. The lowest BCUT2D eigenvalue weighted by Crippen LogP contribution is -2.46. The van der Waals surface area contributed by atoms with Gasteiger partial charge in [0, 0.05) is 11.7 Å². The number of para-hydroxylation sites is 1. The summed E-state index contributed by atoms with van der Waals surface area (Å²) in [5, 5.41) is 2.88. The van der Waals surface area contributed by atoms with E-state index in [1.54, 1.807) is 6.92 Å². The summed E-state index contributed by atoms with van der Waals surface area (Å²) >= 11 is 0. The Kier molecular flexibility index (Phi) is 5.33. The van der Waals surface area contributed by atoms with Crippen LogP contribution in [0.5, 0.6) is 0 Å². The number of nitrogens with one attached hydrogen (secondary N) is 1. The molecule has 1 saturated carbocycles. The van der Waals surface area contributed by atoms with E-state index in [1.165, 1.54) is 0 Å². The van der Waals surface area contributed by atoms with Crippen molar-refractivity contribution in [2.45, 2.75) is 38.8 Å². The standard InChI is InChI=1S/C16H22N2O3/c1-3-21-15(19)11-18(14-9-10-14)12(2)16(20)17-13-7-5-4-6-8-13/h4-8,12,14H,3,9-11H2,1-2H3,(H,17,20). The van der Waals surface area contributed by atoms with Gasteiger partial charge >= 0.3 is 5.97 Å². The molecule has 1 atom stereocenters. The van der Waals surface area contributed by atoms with Gasteiger partial charge in [-0.2, -0.15) is 0 Å². The largest absolute Gasteiger partial charge is 0.465 e. The van der Waals surface area contributed by atoms with Gasteiger partial charge in [0.2, 0.25) is 5.91 Å². The Hall–Kier alpha value is -1.88. The van der Waals surface area contributed by atoms with Gasteiger partial charge in [-0.25, -0.2) is 0 Å². The minimum absolute atomic E-state index is 0.0996. The number of hydrogen-bond acceptors (Lipinski definition) is 4. The molecule has 1 N–H and O–H groups in total. The average molecular weight is 290 g/mol. The molecule has 1 aromatic rings. The number of esters is 1. The summed E-state index contributed by atoms with van der Waals surface area (Å²) in [6.07, 6.45) is 2.06. The van der Waals surface area contributed by atoms with Crippen LogP contribution in [0.15, 0.2) is 30.3 Å².